The summed E-state index contributed by atoms with van der Waals surface area (Å²) in [7, 11) is 0. The van der Waals surface area contributed by atoms with Gasteiger partial charge in [0.1, 0.15) is 0 Å². The highest BCUT2D eigenvalue weighted by molar-refractivity contribution is 5.02. The summed E-state index contributed by atoms with van der Waals surface area (Å²) in [4.78, 5) is 0. The van der Waals surface area contributed by atoms with Crippen LogP contribution in [0, 0.1) is 11.3 Å². The van der Waals surface area contributed by atoms with Gasteiger partial charge in [0.25, 0.3) is 0 Å². The van der Waals surface area contributed by atoms with Gasteiger partial charge in [0.2, 0.25) is 0 Å². The van der Waals surface area contributed by atoms with Crippen LogP contribution in [-0.2, 0) is 4.74 Å². The maximum absolute atomic E-state index is 9.87. The van der Waals surface area contributed by atoms with Crippen molar-refractivity contribution in [1.82, 2.24) is 0 Å². The van der Waals surface area contributed by atoms with E-state index in [9.17, 15) is 5.11 Å². The summed E-state index contributed by atoms with van der Waals surface area (Å²) < 4.78 is 5.94. The normalized spacial score (nSPS) is 33.8. The third kappa shape index (κ3) is 2.07. The summed E-state index contributed by atoms with van der Waals surface area (Å²) in [6.45, 7) is 5.25. The fourth-order valence-electron chi connectivity index (χ4n) is 2.92. The Labute approximate surface area is 93.0 Å². The van der Waals surface area contributed by atoms with Crippen molar-refractivity contribution in [2.24, 2.45) is 11.3 Å². The molecule has 0 amide bonds. The largest absolute Gasteiger partial charge is 0.392 e. The van der Waals surface area contributed by atoms with Gasteiger partial charge in [-0.25, -0.2) is 0 Å². The van der Waals surface area contributed by atoms with Crippen LogP contribution in [-0.4, -0.2) is 23.9 Å². The van der Waals surface area contributed by atoms with E-state index in [1.54, 1.807) is 0 Å². The molecule has 0 aromatic heterocycles. The first kappa shape index (κ1) is 11.4. The lowest BCUT2D eigenvalue weighted by Gasteiger charge is -2.52. The third-order valence-corrected chi connectivity index (χ3v) is 4.60. The second kappa shape index (κ2) is 4.42. The molecule has 0 aromatic rings. The number of hydrogen-bond acceptors (Lipinski definition) is 2. The lowest BCUT2D eigenvalue weighted by atomic mass is 9.60. The third-order valence-electron chi connectivity index (χ3n) is 4.60. The van der Waals surface area contributed by atoms with E-state index in [0.717, 1.165) is 31.8 Å². The predicted molar refractivity (Wildman–Crippen MR) is 60.7 cm³/mol. The van der Waals surface area contributed by atoms with Crippen molar-refractivity contribution in [3.05, 3.63) is 0 Å². The first-order chi connectivity index (χ1) is 7.23. The molecule has 2 fully saturated rings. The molecule has 2 unspecified atom stereocenters. The van der Waals surface area contributed by atoms with Crippen molar-refractivity contribution in [3.8, 4) is 0 Å². The molecule has 2 heteroatoms. The minimum atomic E-state index is -0.126. The quantitative estimate of drug-likeness (QED) is 0.733. The van der Waals surface area contributed by atoms with E-state index in [-0.39, 0.29) is 11.5 Å². The lowest BCUT2D eigenvalue weighted by Crippen LogP contribution is -2.57. The summed E-state index contributed by atoms with van der Waals surface area (Å²) in [6.07, 6.45) is 7.17. The number of aliphatic hydroxyl groups excluding tert-OH is 1. The molecule has 0 heterocycles. The fourth-order valence-corrected chi connectivity index (χ4v) is 2.92. The van der Waals surface area contributed by atoms with Crippen LogP contribution in [0.1, 0.15) is 52.4 Å². The Morgan fingerprint density at radius 3 is 2.40 bits per heavy atom. The Balaban J connectivity index is 1.76. The molecule has 0 radical (unpaired) electrons. The van der Waals surface area contributed by atoms with Gasteiger partial charge in [0.05, 0.1) is 12.2 Å². The van der Waals surface area contributed by atoms with Gasteiger partial charge in [0, 0.05) is 18.4 Å². The smallest absolute Gasteiger partial charge is 0.0680 e. The molecule has 0 aliphatic heterocycles. The molecule has 0 bridgehead atoms. The van der Waals surface area contributed by atoms with Crippen LogP contribution in [0.3, 0.4) is 0 Å². The van der Waals surface area contributed by atoms with Gasteiger partial charge in [-0.15, -0.1) is 0 Å². The molecule has 2 saturated carbocycles. The second-order valence-corrected chi connectivity index (χ2v) is 5.28. The maximum Gasteiger partial charge on any atom is 0.0680 e. The average molecular weight is 212 g/mol. The number of aliphatic hydroxyl groups is 1. The van der Waals surface area contributed by atoms with E-state index in [1.807, 2.05) is 0 Å². The Morgan fingerprint density at radius 2 is 1.93 bits per heavy atom. The Kier molecular flexibility index (Phi) is 3.36. The highest BCUT2D eigenvalue weighted by Gasteiger charge is 2.52. The molecule has 2 nitrogen and oxygen atoms in total. The molecule has 0 aromatic carbocycles. The van der Waals surface area contributed by atoms with Crippen LogP contribution in [0.2, 0.25) is 0 Å². The van der Waals surface area contributed by atoms with Crippen LogP contribution in [0.15, 0.2) is 0 Å². The Bertz CT molecular complexity index is 207. The second-order valence-electron chi connectivity index (χ2n) is 5.28. The first-order valence-electron chi connectivity index (χ1n) is 6.52. The SMILES string of the molecule is CCC1(CC)C(O)CC1OCCC1CC1. The Hall–Kier alpha value is -0.0800. The van der Waals surface area contributed by atoms with Crippen LogP contribution in [0.4, 0.5) is 0 Å². The highest BCUT2D eigenvalue weighted by Crippen LogP contribution is 2.49. The number of ether oxygens (including phenoxy) is 1. The van der Waals surface area contributed by atoms with Gasteiger partial charge in [-0.05, 0) is 25.2 Å². The molecular formula is C13H24O2. The summed E-state index contributed by atoms with van der Waals surface area (Å²) >= 11 is 0. The average Bonchev–Trinajstić information content (AvgIpc) is 3.02. The standard InChI is InChI=1S/C13H24O2/c1-3-13(4-2)11(14)9-12(13)15-8-7-10-5-6-10/h10-12,14H,3-9H2,1-2H3. The zero-order valence-electron chi connectivity index (χ0n) is 10.0. The van der Waals surface area contributed by atoms with Gasteiger partial charge in [0.15, 0.2) is 0 Å². The van der Waals surface area contributed by atoms with Gasteiger partial charge < -0.3 is 9.84 Å². The molecule has 1 N–H and O–H groups in total. The van der Waals surface area contributed by atoms with Crippen molar-refractivity contribution in [2.75, 3.05) is 6.61 Å². The summed E-state index contributed by atoms with van der Waals surface area (Å²) in [5.41, 5.74) is 0.0730. The van der Waals surface area contributed by atoms with Crippen LogP contribution in [0.5, 0.6) is 0 Å². The minimum Gasteiger partial charge on any atom is -0.392 e. The minimum absolute atomic E-state index is 0.0730. The Morgan fingerprint density at radius 1 is 1.27 bits per heavy atom. The van der Waals surface area contributed by atoms with E-state index < -0.39 is 0 Å². The zero-order chi connectivity index (χ0) is 10.9. The van der Waals surface area contributed by atoms with Gasteiger partial charge in [-0.2, -0.15) is 0 Å². The molecule has 2 rings (SSSR count). The predicted octanol–water partition coefficient (Wildman–Crippen LogP) is 2.74. The maximum atomic E-state index is 9.87. The molecular weight excluding hydrogens is 188 g/mol. The topological polar surface area (TPSA) is 29.5 Å². The zero-order valence-corrected chi connectivity index (χ0v) is 10.0. The van der Waals surface area contributed by atoms with Gasteiger partial charge in [-0.1, -0.05) is 26.7 Å². The molecule has 2 aliphatic rings. The highest BCUT2D eigenvalue weighted by atomic mass is 16.5. The van der Waals surface area contributed by atoms with Crippen molar-refractivity contribution in [1.29, 1.82) is 0 Å². The molecule has 15 heavy (non-hydrogen) atoms. The van der Waals surface area contributed by atoms with Gasteiger partial charge in [-0.3, -0.25) is 0 Å². The van der Waals surface area contributed by atoms with E-state index in [2.05, 4.69) is 13.8 Å². The van der Waals surface area contributed by atoms with E-state index in [4.69, 9.17) is 4.74 Å². The van der Waals surface area contributed by atoms with Crippen LogP contribution >= 0.6 is 0 Å². The van der Waals surface area contributed by atoms with E-state index in [0.29, 0.717) is 6.10 Å². The number of rotatable bonds is 6. The summed E-state index contributed by atoms with van der Waals surface area (Å²) in [6, 6.07) is 0. The van der Waals surface area contributed by atoms with Crippen molar-refractivity contribution in [2.45, 2.75) is 64.6 Å². The fraction of sp³-hybridized carbons (Fsp3) is 1.00. The van der Waals surface area contributed by atoms with E-state index >= 15 is 0 Å². The molecule has 2 atom stereocenters. The van der Waals surface area contributed by atoms with E-state index in [1.165, 1.54) is 19.3 Å². The lowest BCUT2D eigenvalue weighted by molar-refractivity contribution is -0.196. The molecule has 0 spiro atoms. The monoisotopic (exact) mass is 212 g/mol. The molecule has 0 saturated heterocycles. The van der Waals surface area contributed by atoms with Crippen LogP contribution in [0.25, 0.3) is 0 Å². The van der Waals surface area contributed by atoms with Crippen molar-refractivity contribution >= 4 is 0 Å². The van der Waals surface area contributed by atoms with Gasteiger partial charge >= 0.3 is 0 Å². The molecule has 88 valence electrons. The first-order valence-corrected chi connectivity index (χ1v) is 6.52. The van der Waals surface area contributed by atoms with Crippen LogP contribution < -0.4 is 0 Å². The summed E-state index contributed by atoms with van der Waals surface area (Å²) in [5, 5.41) is 9.87. The summed E-state index contributed by atoms with van der Waals surface area (Å²) in [5.74, 6) is 0.952. The number of hydrogen-bond donors (Lipinski definition) is 1. The van der Waals surface area contributed by atoms with Crippen molar-refractivity contribution < 1.29 is 9.84 Å². The van der Waals surface area contributed by atoms with Crippen molar-refractivity contribution in [3.63, 3.8) is 0 Å². The molecule has 2 aliphatic carbocycles.